The van der Waals surface area contributed by atoms with Gasteiger partial charge in [0.1, 0.15) is 17.4 Å². The number of ether oxygens (including phenoxy) is 1. The van der Waals surface area contributed by atoms with Gasteiger partial charge in [0.2, 0.25) is 0 Å². The molecule has 1 atom stereocenters. The molecule has 6 nitrogen and oxygen atoms in total. The van der Waals surface area contributed by atoms with Crippen LogP contribution in [0.3, 0.4) is 0 Å². The molecule has 0 radical (unpaired) electrons. The van der Waals surface area contributed by atoms with Gasteiger partial charge in [-0.1, -0.05) is 41.6 Å². The Morgan fingerprint density at radius 2 is 1.73 bits per heavy atom. The number of halogens is 2. The second-order valence-electron chi connectivity index (χ2n) is 7.61. The van der Waals surface area contributed by atoms with E-state index in [1.54, 1.807) is 47.4 Å². The van der Waals surface area contributed by atoms with Gasteiger partial charge in [-0.05, 0) is 47.5 Å². The SMILES string of the molecule is COc1ccccc1NC(=O)N(Cc1ccc(F)cc1)C[C@@H]1CC(c2ccc(F)cc2)=NO1. The fourth-order valence-corrected chi connectivity index (χ4v) is 3.56. The number of hydrogen-bond acceptors (Lipinski definition) is 4. The molecule has 3 aromatic carbocycles. The monoisotopic (exact) mass is 451 g/mol. The first kappa shape index (κ1) is 22.3. The molecule has 4 rings (SSSR count). The number of rotatable bonds is 7. The third-order valence-corrected chi connectivity index (χ3v) is 5.26. The molecule has 0 aromatic heterocycles. The first-order valence-corrected chi connectivity index (χ1v) is 10.4. The molecule has 0 bridgehead atoms. The fourth-order valence-electron chi connectivity index (χ4n) is 3.56. The second-order valence-corrected chi connectivity index (χ2v) is 7.61. The molecule has 33 heavy (non-hydrogen) atoms. The minimum absolute atomic E-state index is 0.243. The van der Waals surface area contributed by atoms with E-state index in [-0.39, 0.29) is 36.9 Å². The van der Waals surface area contributed by atoms with Crippen LogP contribution >= 0.6 is 0 Å². The Bertz CT molecular complexity index is 1130. The van der Waals surface area contributed by atoms with Gasteiger partial charge >= 0.3 is 6.03 Å². The number of urea groups is 1. The topological polar surface area (TPSA) is 63.2 Å². The van der Waals surface area contributed by atoms with Crippen LogP contribution in [0.2, 0.25) is 0 Å². The molecule has 0 unspecified atom stereocenters. The Hall–Kier alpha value is -3.94. The van der Waals surface area contributed by atoms with Crippen molar-refractivity contribution < 1.29 is 23.1 Å². The first-order chi connectivity index (χ1) is 16.0. The number of para-hydroxylation sites is 2. The number of carbonyl (C=O) groups excluding carboxylic acids is 1. The van der Waals surface area contributed by atoms with Crippen molar-refractivity contribution in [3.05, 3.63) is 95.6 Å². The van der Waals surface area contributed by atoms with Crippen LogP contribution in [0.25, 0.3) is 0 Å². The van der Waals surface area contributed by atoms with Gasteiger partial charge in [0.15, 0.2) is 6.10 Å². The number of carbonyl (C=O) groups is 1. The van der Waals surface area contributed by atoms with Crippen molar-refractivity contribution in [3.8, 4) is 5.75 Å². The second kappa shape index (κ2) is 10.1. The molecule has 1 heterocycles. The van der Waals surface area contributed by atoms with Crippen molar-refractivity contribution in [2.45, 2.75) is 19.1 Å². The number of oxime groups is 1. The lowest BCUT2D eigenvalue weighted by molar-refractivity contribution is 0.0608. The average Bonchev–Trinajstić information content (AvgIpc) is 3.29. The molecule has 8 heteroatoms. The summed E-state index contributed by atoms with van der Waals surface area (Å²) in [5.74, 6) is -0.139. The van der Waals surface area contributed by atoms with Crippen molar-refractivity contribution in [1.29, 1.82) is 0 Å². The van der Waals surface area contributed by atoms with Crippen LogP contribution in [-0.4, -0.2) is 36.4 Å². The summed E-state index contributed by atoms with van der Waals surface area (Å²) >= 11 is 0. The molecule has 0 saturated carbocycles. The predicted molar refractivity (Wildman–Crippen MR) is 121 cm³/mol. The van der Waals surface area contributed by atoms with Gasteiger partial charge in [-0.2, -0.15) is 0 Å². The summed E-state index contributed by atoms with van der Waals surface area (Å²) in [5, 5.41) is 7.00. The lowest BCUT2D eigenvalue weighted by Crippen LogP contribution is -2.40. The number of benzene rings is 3. The smallest absolute Gasteiger partial charge is 0.322 e. The Labute approximate surface area is 190 Å². The summed E-state index contributed by atoms with van der Waals surface area (Å²) in [7, 11) is 1.53. The van der Waals surface area contributed by atoms with E-state index in [2.05, 4.69) is 10.5 Å². The van der Waals surface area contributed by atoms with Gasteiger partial charge < -0.3 is 19.8 Å². The summed E-state index contributed by atoms with van der Waals surface area (Å²) in [6.07, 6.45) is 0.0851. The summed E-state index contributed by atoms with van der Waals surface area (Å²) in [6.45, 7) is 0.486. The van der Waals surface area contributed by atoms with Crippen LogP contribution in [-0.2, 0) is 11.4 Å². The van der Waals surface area contributed by atoms with E-state index in [0.717, 1.165) is 11.1 Å². The number of nitrogens with one attached hydrogen (secondary N) is 1. The zero-order valence-electron chi connectivity index (χ0n) is 18.0. The van der Waals surface area contributed by atoms with E-state index >= 15 is 0 Å². The highest BCUT2D eigenvalue weighted by Gasteiger charge is 2.27. The fraction of sp³-hybridized carbons (Fsp3) is 0.200. The molecule has 0 fully saturated rings. The van der Waals surface area contributed by atoms with E-state index in [4.69, 9.17) is 9.57 Å². The Morgan fingerprint density at radius 3 is 2.42 bits per heavy atom. The molecule has 170 valence electrons. The number of methoxy groups -OCH3 is 1. The number of amides is 2. The molecular weight excluding hydrogens is 428 g/mol. The molecule has 1 aliphatic rings. The number of nitrogens with zero attached hydrogens (tertiary/aromatic N) is 2. The third kappa shape index (κ3) is 5.65. The predicted octanol–water partition coefficient (Wildman–Crippen LogP) is 5.20. The quantitative estimate of drug-likeness (QED) is 0.537. The van der Waals surface area contributed by atoms with Crippen molar-refractivity contribution in [2.24, 2.45) is 5.16 Å². The van der Waals surface area contributed by atoms with Crippen LogP contribution in [0.1, 0.15) is 17.5 Å². The van der Waals surface area contributed by atoms with E-state index in [0.29, 0.717) is 23.6 Å². The zero-order valence-corrected chi connectivity index (χ0v) is 18.0. The van der Waals surface area contributed by atoms with Gasteiger partial charge in [0, 0.05) is 13.0 Å². The van der Waals surface area contributed by atoms with Gasteiger partial charge in [-0.3, -0.25) is 0 Å². The normalized spacial score (nSPS) is 14.9. The van der Waals surface area contributed by atoms with Crippen LogP contribution in [0.4, 0.5) is 19.3 Å². The van der Waals surface area contributed by atoms with Crippen LogP contribution in [0, 0.1) is 11.6 Å². The minimum Gasteiger partial charge on any atom is -0.495 e. The molecule has 1 N–H and O–H groups in total. The minimum atomic E-state index is -0.381. The summed E-state index contributed by atoms with van der Waals surface area (Å²) in [5.41, 5.74) is 2.75. The van der Waals surface area contributed by atoms with Crippen molar-refractivity contribution in [3.63, 3.8) is 0 Å². The molecule has 1 aliphatic heterocycles. The van der Waals surface area contributed by atoms with Crippen LogP contribution in [0.15, 0.2) is 78.0 Å². The summed E-state index contributed by atoms with van der Waals surface area (Å²) in [6, 6.07) is 18.7. The van der Waals surface area contributed by atoms with E-state index in [1.165, 1.54) is 31.4 Å². The molecule has 0 spiro atoms. The lowest BCUT2D eigenvalue weighted by atomic mass is 10.0. The first-order valence-electron chi connectivity index (χ1n) is 10.4. The van der Waals surface area contributed by atoms with Crippen LogP contribution in [0.5, 0.6) is 5.75 Å². The average molecular weight is 451 g/mol. The highest BCUT2D eigenvalue weighted by atomic mass is 19.1. The number of anilines is 1. The maximum Gasteiger partial charge on any atom is 0.322 e. The van der Waals surface area contributed by atoms with E-state index in [9.17, 15) is 13.6 Å². The number of hydrogen-bond donors (Lipinski definition) is 1. The molecule has 0 saturated heterocycles. The Balaban J connectivity index is 1.48. The Kier molecular flexibility index (Phi) is 6.83. The molecule has 2 amide bonds. The van der Waals surface area contributed by atoms with Crippen LogP contribution < -0.4 is 10.1 Å². The van der Waals surface area contributed by atoms with Crippen molar-refractivity contribution in [2.75, 3.05) is 19.0 Å². The van der Waals surface area contributed by atoms with E-state index < -0.39 is 0 Å². The van der Waals surface area contributed by atoms with Crippen molar-refractivity contribution in [1.82, 2.24) is 4.90 Å². The van der Waals surface area contributed by atoms with Crippen molar-refractivity contribution >= 4 is 17.4 Å². The van der Waals surface area contributed by atoms with Gasteiger partial charge in [0.25, 0.3) is 0 Å². The van der Waals surface area contributed by atoms with Gasteiger partial charge in [0.05, 0.1) is 25.1 Å². The standard InChI is InChI=1S/C25H23F2N3O3/c1-32-24-5-3-2-4-22(24)28-25(31)30(15-17-6-10-19(26)11-7-17)16-21-14-23(29-33-21)18-8-12-20(27)13-9-18/h2-13,21H,14-16H2,1H3,(H,28,31)/t21-/m0/s1. The van der Waals surface area contributed by atoms with E-state index in [1.807, 2.05) is 6.07 Å². The molecule has 0 aliphatic carbocycles. The third-order valence-electron chi connectivity index (χ3n) is 5.26. The highest BCUT2D eigenvalue weighted by Crippen LogP contribution is 2.24. The zero-order chi connectivity index (χ0) is 23.2. The molecule has 3 aromatic rings. The maximum atomic E-state index is 13.3. The molecular formula is C25H23F2N3O3. The summed E-state index contributed by atoms with van der Waals surface area (Å²) in [4.78, 5) is 20.3. The van der Waals surface area contributed by atoms with Gasteiger partial charge in [-0.15, -0.1) is 0 Å². The van der Waals surface area contributed by atoms with Gasteiger partial charge in [-0.25, -0.2) is 13.6 Å². The largest absolute Gasteiger partial charge is 0.495 e. The summed E-state index contributed by atoms with van der Waals surface area (Å²) < 4.78 is 31.9. The lowest BCUT2D eigenvalue weighted by Gasteiger charge is -2.25. The highest BCUT2D eigenvalue weighted by molar-refractivity contribution is 6.01. The maximum absolute atomic E-state index is 13.3. The Morgan fingerprint density at radius 1 is 1.06 bits per heavy atom.